The first-order valence-corrected chi connectivity index (χ1v) is 11.7. The van der Waals surface area contributed by atoms with E-state index in [9.17, 15) is 4.79 Å². The maximum Gasteiger partial charge on any atom is 0.363 e. The Morgan fingerprint density at radius 3 is 2.34 bits per heavy atom. The second kappa shape index (κ2) is 9.00. The third-order valence-corrected chi connectivity index (χ3v) is 6.84. The standard InChI is InChI=1S/C25H27NO2S/c1-3-17-4-8-19(9-5-17)20-10-12-21(13-11-20)24-26-23(25(27)28-24)16-18-6-14-22(29-2)15-7-18/h6-7,10-17,19H,3-5,8-9H2,1-2H3/b23-16+. The van der Waals surface area contributed by atoms with E-state index in [1.807, 2.05) is 42.7 Å². The summed E-state index contributed by atoms with van der Waals surface area (Å²) in [7, 11) is 0. The van der Waals surface area contributed by atoms with Crippen LogP contribution in [-0.2, 0) is 9.53 Å². The van der Waals surface area contributed by atoms with Gasteiger partial charge in [-0.3, -0.25) is 0 Å². The predicted molar refractivity (Wildman–Crippen MR) is 120 cm³/mol. The summed E-state index contributed by atoms with van der Waals surface area (Å²) in [6.45, 7) is 2.30. The first kappa shape index (κ1) is 20.0. The fourth-order valence-electron chi connectivity index (χ4n) is 4.19. The van der Waals surface area contributed by atoms with Crippen LogP contribution in [0.1, 0.15) is 61.6 Å². The second-order valence-electron chi connectivity index (χ2n) is 7.86. The van der Waals surface area contributed by atoms with Crippen molar-refractivity contribution in [2.45, 2.75) is 49.8 Å². The van der Waals surface area contributed by atoms with Crippen LogP contribution in [0.15, 0.2) is 64.1 Å². The minimum atomic E-state index is -0.393. The van der Waals surface area contributed by atoms with Gasteiger partial charge in [0.1, 0.15) is 0 Å². The number of ether oxygens (including phenoxy) is 1. The topological polar surface area (TPSA) is 38.7 Å². The van der Waals surface area contributed by atoms with E-state index in [-0.39, 0.29) is 0 Å². The van der Waals surface area contributed by atoms with Crippen LogP contribution in [0, 0.1) is 5.92 Å². The lowest BCUT2D eigenvalue weighted by Crippen LogP contribution is -2.13. The van der Waals surface area contributed by atoms with E-state index >= 15 is 0 Å². The molecule has 0 amide bonds. The third kappa shape index (κ3) is 4.64. The minimum Gasteiger partial charge on any atom is -0.402 e. The minimum absolute atomic E-state index is 0.346. The number of nitrogens with zero attached hydrogens (tertiary/aromatic N) is 1. The molecule has 29 heavy (non-hydrogen) atoms. The van der Waals surface area contributed by atoms with Crippen LogP contribution < -0.4 is 0 Å². The molecule has 3 nitrogen and oxygen atoms in total. The molecule has 1 heterocycles. The second-order valence-corrected chi connectivity index (χ2v) is 8.74. The quantitative estimate of drug-likeness (QED) is 0.326. The van der Waals surface area contributed by atoms with Gasteiger partial charge >= 0.3 is 5.97 Å². The van der Waals surface area contributed by atoms with Gasteiger partial charge in [0.05, 0.1) is 0 Å². The van der Waals surface area contributed by atoms with Gasteiger partial charge in [-0.05, 0) is 85.2 Å². The molecular weight excluding hydrogens is 378 g/mol. The highest BCUT2D eigenvalue weighted by Crippen LogP contribution is 2.37. The summed E-state index contributed by atoms with van der Waals surface area (Å²) in [6.07, 6.45) is 10.3. The molecule has 0 spiro atoms. The van der Waals surface area contributed by atoms with Crippen molar-refractivity contribution in [3.05, 3.63) is 70.9 Å². The fourth-order valence-corrected chi connectivity index (χ4v) is 4.60. The van der Waals surface area contributed by atoms with Gasteiger partial charge in [-0.25, -0.2) is 9.79 Å². The number of esters is 1. The van der Waals surface area contributed by atoms with Gasteiger partial charge in [-0.15, -0.1) is 11.8 Å². The molecule has 1 aliphatic carbocycles. The van der Waals surface area contributed by atoms with Gasteiger partial charge in [0.25, 0.3) is 0 Å². The first-order valence-electron chi connectivity index (χ1n) is 10.4. The number of carbonyl (C=O) groups excluding carboxylic acids is 1. The fraction of sp³-hybridized carbons (Fsp3) is 0.360. The van der Waals surface area contributed by atoms with E-state index in [0.717, 1.165) is 17.0 Å². The lowest BCUT2D eigenvalue weighted by atomic mass is 9.78. The van der Waals surface area contributed by atoms with Crippen molar-refractivity contribution in [1.82, 2.24) is 0 Å². The molecule has 0 unspecified atom stereocenters. The van der Waals surface area contributed by atoms with Crippen LogP contribution in [0.3, 0.4) is 0 Å². The Balaban J connectivity index is 1.47. The van der Waals surface area contributed by atoms with Crippen molar-refractivity contribution in [3.8, 4) is 0 Å². The number of hydrogen-bond acceptors (Lipinski definition) is 4. The molecule has 1 fully saturated rings. The zero-order valence-electron chi connectivity index (χ0n) is 17.1. The zero-order chi connectivity index (χ0) is 20.2. The molecule has 0 radical (unpaired) electrons. The molecule has 0 aromatic heterocycles. The maximum absolute atomic E-state index is 12.2. The lowest BCUT2D eigenvalue weighted by Gasteiger charge is -2.28. The Labute approximate surface area is 177 Å². The molecule has 4 rings (SSSR count). The third-order valence-electron chi connectivity index (χ3n) is 6.09. The van der Waals surface area contributed by atoms with Crippen LogP contribution in [0.5, 0.6) is 0 Å². The van der Waals surface area contributed by atoms with Crippen LogP contribution in [0.2, 0.25) is 0 Å². The van der Waals surface area contributed by atoms with E-state index in [1.54, 1.807) is 17.8 Å². The average Bonchev–Trinajstić information content (AvgIpc) is 3.14. The number of cyclic esters (lactones) is 1. The molecule has 2 aliphatic rings. The van der Waals surface area contributed by atoms with E-state index < -0.39 is 5.97 Å². The maximum atomic E-state index is 12.2. The molecule has 2 aromatic rings. The van der Waals surface area contributed by atoms with Gasteiger partial charge in [0.2, 0.25) is 5.90 Å². The van der Waals surface area contributed by atoms with Crippen LogP contribution in [-0.4, -0.2) is 18.1 Å². The van der Waals surface area contributed by atoms with Crippen molar-refractivity contribution in [3.63, 3.8) is 0 Å². The summed E-state index contributed by atoms with van der Waals surface area (Å²) in [4.78, 5) is 17.9. The summed E-state index contributed by atoms with van der Waals surface area (Å²) < 4.78 is 5.43. The van der Waals surface area contributed by atoms with Crippen molar-refractivity contribution in [1.29, 1.82) is 0 Å². The van der Waals surface area contributed by atoms with Crippen molar-refractivity contribution < 1.29 is 9.53 Å². The monoisotopic (exact) mass is 405 g/mol. The van der Waals surface area contributed by atoms with E-state index in [4.69, 9.17) is 4.74 Å². The van der Waals surface area contributed by atoms with Crippen LogP contribution >= 0.6 is 11.8 Å². The number of benzene rings is 2. The van der Waals surface area contributed by atoms with Crippen LogP contribution in [0.4, 0.5) is 0 Å². The first-order chi connectivity index (χ1) is 14.2. The highest BCUT2D eigenvalue weighted by atomic mass is 32.2. The van der Waals surface area contributed by atoms with Gasteiger partial charge in [0, 0.05) is 10.5 Å². The SMILES string of the molecule is CCC1CCC(c2ccc(C3=N/C(=C/c4ccc(SC)cc4)C(=O)O3)cc2)CC1. The Hall–Kier alpha value is -2.33. The normalized spacial score (nSPS) is 23.2. The Morgan fingerprint density at radius 1 is 1.03 bits per heavy atom. The summed E-state index contributed by atoms with van der Waals surface area (Å²) in [5.41, 5.74) is 3.53. The summed E-state index contributed by atoms with van der Waals surface area (Å²) in [5.74, 6) is 1.55. The molecule has 150 valence electrons. The van der Waals surface area contributed by atoms with E-state index in [2.05, 4.69) is 24.0 Å². The number of hydrogen-bond donors (Lipinski definition) is 0. The Kier molecular flexibility index (Phi) is 6.19. The highest BCUT2D eigenvalue weighted by Gasteiger charge is 2.25. The van der Waals surface area contributed by atoms with Gasteiger partial charge in [-0.1, -0.05) is 37.6 Å². The molecule has 4 heteroatoms. The zero-order valence-corrected chi connectivity index (χ0v) is 17.9. The summed E-state index contributed by atoms with van der Waals surface area (Å²) in [6, 6.07) is 16.5. The predicted octanol–water partition coefficient (Wildman–Crippen LogP) is 6.44. The number of carbonyl (C=O) groups is 1. The van der Waals surface area contributed by atoms with Crippen molar-refractivity contribution in [2.75, 3.05) is 6.26 Å². The van der Waals surface area contributed by atoms with E-state index in [1.165, 1.54) is 42.6 Å². The molecule has 0 bridgehead atoms. The lowest BCUT2D eigenvalue weighted by molar-refractivity contribution is -0.129. The van der Waals surface area contributed by atoms with Crippen molar-refractivity contribution >= 4 is 29.7 Å². The average molecular weight is 406 g/mol. The van der Waals surface area contributed by atoms with E-state index in [0.29, 0.717) is 17.5 Å². The van der Waals surface area contributed by atoms with Gasteiger partial charge in [0.15, 0.2) is 5.70 Å². The smallest absolute Gasteiger partial charge is 0.363 e. The molecule has 0 saturated heterocycles. The van der Waals surface area contributed by atoms with Gasteiger partial charge in [-0.2, -0.15) is 0 Å². The number of thioether (sulfide) groups is 1. The van der Waals surface area contributed by atoms with Crippen molar-refractivity contribution in [2.24, 2.45) is 10.9 Å². The molecule has 0 atom stereocenters. The molecule has 2 aromatic carbocycles. The largest absolute Gasteiger partial charge is 0.402 e. The number of rotatable bonds is 5. The molecule has 1 aliphatic heterocycles. The van der Waals surface area contributed by atoms with Crippen LogP contribution in [0.25, 0.3) is 6.08 Å². The molecule has 0 N–H and O–H groups in total. The highest BCUT2D eigenvalue weighted by molar-refractivity contribution is 7.98. The Bertz CT molecular complexity index is 920. The molecular formula is C25H27NO2S. The summed E-state index contributed by atoms with van der Waals surface area (Å²) >= 11 is 1.69. The van der Waals surface area contributed by atoms with Gasteiger partial charge < -0.3 is 4.74 Å². The number of aliphatic imine (C=N–C) groups is 1. The summed E-state index contributed by atoms with van der Waals surface area (Å²) in [5, 5.41) is 0. The molecule has 1 saturated carbocycles. The Morgan fingerprint density at radius 2 is 1.72 bits per heavy atom.